The molecule has 0 bridgehead atoms. The number of amides is 4. The summed E-state index contributed by atoms with van der Waals surface area (Å²) in [7, 11) is 0. The number of nitrogens with one attached hydrogen (secondary N) is 3. The van der Waals surface area contributed by atoms with Crippen LogP contribution in [-0.2, 0) is 22.4 Å². The van der Waals surface area contributed by atoms with Gasteiger partial charge in [-0.25, -0.2) is 14.8 Å². The lowest BCUT2D eigenvalue weighted by atomic mass is 9.93. The van der Waals surface area contributed by atoms with Gasteiger partial charge >= 0.3 is 6.03 Å². The number of urea groups is 1. The van der Waals surface area contributed by atoms with Crippen molar-refractivity contribution in [2.24, 2.45) is 5.92 Å². The van der Waals surface area contributed by atoms with Gasteiger partial charge in [-0.1, -0.05) is 74.5 Å². The van der Waals surface area contributed by atoms with Gasteiger partial charge in [0.2, 0.25) is 5.91 Å². The summed E-state index contributed by atoms with van der Waals surface area (Å²) < 4.78 is 5.77. The average molecular weight is 617 g/mol. The first-order chi connectivity index (χ1) is 21.6. The molecule has 11 nitrogen and oxygen atoms in total. The summed E-state index contributed by atoms with van der Waals surface area (Å²) in [4.78, 5) is 49.1. The van der Waals surface area contributed by atoms with Crippen molar-refractivity contribution in [3.05, 3.63) is 89.5 Å². The monoisotopic (exact) mass is 616 g/mol. The number of carbonyl (C=O) groups is 3. The van der Waals surface area contributed by atoms with Crippen LogP contribution in [0.2, 0.25) is 0 Å². The second-order valence-electron chi connectivity index (χ2n) is 11.8. The quantitative estimate of drug-likeness (QED) is 0.205. The van der Waals surface area contributed by atoms with E-state index in [0.29, 0.717) is 43.1 Å². The number of ether oxygens (including phenoxy) is 1. The fourth-order valence-electron chi connectivity index (χ4n) is 5.72. The molecule has 4 N–H and O–H groups in total. The van der Waals surface area contributed by atoms with E-state index in [-0.39, 0.29) is 30.9 Å². The average Bonchev–Trinajstić information content (AvgIpc) is 3.42. The molecule has 1 saturated heterocycles. The third-order valence-corrected chi connectivity index (χ3v) is 7.94. The lowest BCUT2D eigenvalue weighted by Gasteiger charge is -2.32. The minimum Gasteiger partial charge on any atom is -0.480 e. The van der Waals surface area contributed by atoms with Gasteiger partial charge in [0.05, 0.1) is 23.5 Å². The highest BCUT2D eigenvalue weighted by Gasteiger charge is 2.36. The van der Waals surface area contributed by atoms with E-state index in [1.165, 1.54) is 6.33 Å². The van der Waals surface area contributed by atoms with Crippen LogP contribution in [0.15, 0.2) is 67.0 Å². The minimum absolute atomic E-state index is 0.122. The van der Waals surface area contributed by atoms with E-state index in [1.807, 2.05) is 74.5 Å². The van der Waals surface area contributed by atoms with Crippen molar-refractivity contribution in [1.82, 2.24) is 30.8 Å². The number of nitrogens with zero attached hydrogens (tertiary/aromatic N) is 3. The molecule has 45 heavy (non-hydrogen) atoms. The minimum atomic E-state index is -1.01. The summed E-state index contributed by atoms with van der Waals surface area (Å²) in [5.74, 6) is -0.349. The lowest BCUT2D eigenvalue weighted by molar-refractivity contribution is -0.128. The maximum absolute atomic E-state index is 13.7. The van der Waals surface area contributed by atoms with Gasteiger partial charge in [-0.05, 0) is 50.2 Å². The lowest BCUT2D eigenvalue weighted by Crippen LogP contribution is -2.55. The summed E-state index contributed by atoms with van der Waals surface area (Å²) >= 11 is 0. The fourth-order valence-corrected chi connectivity index (χ4v) is 5.72. The van der Waals surface area contributed by atoms with Crippen molar-refractivity contribution in [1.29, 1.82) is 0 Å². The molecule has 1 aliphatic heterocycles. The standard InChI is InChI=1S/C34H44N6O5/c1-22(2)31(40-16-15-35-34(40)44)33(43)38-27(17-25-11-7-5-8-12-25)19-29(41)28(18-26-13-9-6-10-14-26)39-30(42)20-45-32-23(3)36-21-37-24(32)4/h5-14,21-22,27-29,31,41H,15-20H2,1-4H3,(H,35,44)(H,38,43)(H,39,42)/t27-,28-,29-,31-/m0/s1. The van der Waals surface area contributed by atoms with Crippen LogP contribution in [0.25, 0.3) is 0 Å². The van der Waals surface area contributed by atoms with Crippen molar-refractivity contribution in [2.75, 3.05) is 19.7 Å². The molecule has 1 aliphatic rings. The van der Waals surface area contributed by atoms with Crippen molar-refractivity contribution in [2.45, 2.75) is 71.2 Å². The highest BCUT2D eigenvalue weighted by molar-refractivity contribution is 5.88. The molecule has 11 heteroatoms. The van der Waals surface area contributed by atoms with Crippen molar-refractivity contribution >= 4 is 17.8 Å². The van der Waals surface area contributed by atoms with Crippen LogP contribution in [-0.4, -0.2) is 81.7 Å². The number of hydrogen-bond acceptors (Lipinski definition) is 7. The van der Waals surface area contributed by atoms with E-state index in [4.69, 9.17) is 4.74 Å². The van der Waals surface area contributed by atoms with Gasteiger partial charge in [-0.15, -0.1) is 0 Å². The first-order valence-corrected chi connectivity index (χ1v) is 15.4. The Kier molecular flexibility index (Phi) is 11.9. The Hall–Kier alpha value is -4.51. The molecule has 1 fully saturated rings. The Labute approximate surface area is 264 Å². The van der Waals surface area contributed by atoms with Crippen LogP contribution >= 0.6 is 0 Å². The highest BCUT2D eigenvalue weighted by Crippen LogP contribution is 2.19. The topological polar surface area (TPSA) is 146 Å². The molecule has 0 aliphatic carbocycles. The Morgan fingerprint density at radius 1 is 0.956 bits per heavy atom. The zero-order valence-electron chi connectivity index (χ0n) is 26.4. The van der Waals surface area contributed by atoms with Crippen LogP contribution in [0, 0.1) is 19.8 Å². The summed E-state index contributed by atoms with van der Waals surface area (Å²) in [5.41, 5.74) is 3.18. The van der Waals surface area contributed by atoms with Crippen molar-refractivity contribution < 1.29 is 24.2 Å². The first kappa shape index (κ1) is 33.4. The van der Waals surface area contributed by atoms with Gasteiger partial charge in [-0.3, -0.25) is 9.59 Å². The van der Waals surface area contributed by atoms with Gasteiger partial charge in [0, 0.05) is 19.1 Å². The fraction of sp³-hybridized carbons (Fsp3) is 0.441. The molecule has 1 aromatic heterocycles. The third kappa shape index (κ3) is 9.49. The highest BCUT2D eigenvalue weighted by atomic mass is 16.5. The van der Waals surface area contributed by atoms with E-state index in [2.05, 4.69) is 25.9 Å². The maximum Gasteiger partial charge on any atom is 0.318 e. The van der Waals surface area contributed by atoms with Crippen LogP contribution in [0.4, 0.5) is 4.79 Å². The van der Waals surface area contributed by atoms with Gasteiger partial charge in [0.15, 0.2) is 12.4 Å². The summed E-state index contributed by atoms with van der Waals surface area (Å²) in [6.45, 7) is 8.05. The van der Waals surface area contributed by atoms with Gasteiger partial charge in [0.25, 0.3) is 5.91 Å². The number of aromatic nitrogens is 2. The molecule has 0 spiro atoms. The van der Waals surface area contributed by atoms with Crippen molar-refractivity contribution in [3.8, 4) is 5.75 Å². The van der Waals surface area contributed by atoms with Gasteiger partial charge in [-0.2, -0.15) is 0 Å². The zero-order chi connectivity index (χ0) is 32.3. The second kappa shape index (κ2) is 16.0. The molecular weight excluding hydrogens is 572 g/mol. The van der Waals surface area contributed by atoms with Crippen LogP contribution in [0.3, 0.4) is 0 Å². The Morgan fingerprint density at radius 3 is 2.11 bits per heavy atom. The molecule has 4 amide bonds. The molecule has 0 saturated carbocycles. The third-order valence-electron chi connectivity index (χ3n) is 7.94. The predicted molar refractivity (Wildman–Crippen MR) is 171 cm³/mol. The number of hydrogen-bond donors (Lipinski definition) is 4. The molecule has 0 unspecified atom stereocenters. The van der Waals surface area contributed by atoms with E-state index < -0.39 is 30.1 Å². The first-order valence-electron chi connectivity index (χ1n) is 15.4. The van der Waals surface area contributed by atoms with E-state index in [0.717, 1.165) is 11.1 Å². The molecule has 2 aromatic carbocycles. The maximum atomic E-state index is 13.7. The van der Waals surface area contributed by atoms with Crippen LogP contribution in [0.5, 0.6) is 5.75 Å². The molecular formula is C34H44N6O5. The summed E-state index contributed by atoms with van der Waals surface area (Å²) in [6, 6.07) is 17.3. The van der Waals surface area contributed by atoms with Crippen LogP contribution in [0.1, 0.15) is 42.8 Å². The number of aliphatic hydroxyl groups is 1. The number of rotatable bonds is 15. The number of aliphatic hydroxyl groups excluding tert-OH is 1. The number of aryl methyl sites for hydroxylation is 2. The number of benzene rings is 2. The SMILES string of the molecule is Cc1ncnc(C)c1OCC(=O)N[C@@H](Cc1ccccc1)[C@@H](O)C[C@H](Cc1ccccc1)NC(=O)[C@H](C(C)C)N1CCNC1=O. The Bertz CT molecular complexity index is 1400. The molecule has 4 atom stereocenters. The predicted octanol–water partition coefficient (Wildman–Crippen LogP) is 2.73. The largest absolute Gasteiger partial charge is 0.480 e. The molecule has 4 rings (SSSR count). The van der Waals surface area contributed by atoms with E-state index >= 15 is 0 Å². The molecule has 3 aromatic rings. The Morgan fingerprint density at radius 2 is 1.56 bits per heavy atom. The second-order valence-corrected chi connectivity index (χ2v) is 11.8. The van der Waals surface area contributed by atoms with E-state index in [9.17, 15) is 19.5 Å². The van der Waals surface area contributed by atoms with Gasteiger partial charge < -0.3 is 30.7 Å². The summed E-state index contributed by atoms with van der Waals surface area (Å²) in [6.07, 6.45) is 1.43. The molecule has 240 valence electrons. The summed E-state index contributed by atoms with van der Waals surface area (Å²) in [5, 5.41) is 20.5. The van der Waals surface area contributed by atoms with Crippen LogP contribution < -0.4 is 20.7 Å². The molecule has 0 radical (unpaired) electrons. The normalized spacial score (nSPS) is 15.6. The Balaban J connectivity index is 1.52. The van der Waals surface area contributed by atoms with Gasteiger partial charge in [0.1, 0.15) is 12.4 Å². The zero-order valence-corrected chi connectivity index (χ0v) is 26.4. The molecule has 2 heterocycles. The number of carbonyl (C=O) groups excluding carboxylic acids is 3. The smallest absolute Gasteiger partial charge is 0.318 e. The van der Waals surface area contributed by atoms with Crippen molar-refractivity contribution in [3.63, 3.8) is 0 Å². The van der Waals surface area contributed by atoms with E-state index in [1.54, 1.807) is 18.7 Å².